The fourth-order valence-corrected chi connectivity index (χ4v) is 2.49. The SMILES string of the molecule is CCn1cc(C(=O)NCC(C)(C)CC(C)O)c(C(C)C)n1. The minimum atomic E-state index is -0.369. The summed E-state index contributed by atoms with van der Waals surface area (Å²) in [5.41, 5.74) is 1.35. The van der Waals surface area contributed by atoms with E-state index in [0.717, 1.165) is 12.2 Å². The zero-order valence-electron chi connectivity index (χ0n) is 14.1. The average Bonchev–Trinajstić information content (AvgIpc) is 2.79. The number of hydrogen-bond donors (Lipinski definition) is 2. The summed E-state index contributed by atoms with van der Waals surface area (Å²) in [5, 5.41) is 16.9. The van der Waals surface area contributed by atoms with E-state index in [1.165, 1.54) is 0 Å². The van der Waals surface area contributed by atoms with Crippen LogP contribution in [-0.2, 0) is 6.54 Å². The number of hydrogen-bond acceptors (Lipinski definition) is 3. The largest absolute Gasteiger partial charge is 0.393 e. The molecule has 21 heavy (non-hydrogen) atoms. The third-order valence-electron chi connectivity index (χ3n) is 3.48. The highest BCUT2D eigenvalue weighted by molar-refractivity contribution is 5.95. The van der Waals surface area contributed by atoms with Crippen LogP contribution in [0.2, 0.25) is 0 Å². The Morgan fingerprint density at radius 1 is 1.43 bits per heavy atom. The monoisotopic (exact) mass is 295 g/mol. The van der Waals surface area contributed by atoms with Gasteiger partial charge in [-0.15, -0.1) is 0 Å². The Kier molecular flexibility index (Phi) is 5.96. The first-order valence-electron chi connectivity index (χ1n) is 7.70. The number of nitrogens with zero attached hydrogens (tertiary/aromatic N) is 2. The van der Waals surface area contributed by atoms with Crippen LogP contribution in [0, 0.1) is 5.41 Å². The summed E-state index contributed by atoms with van der Waals surface area (Å²) in [4.78, 5) is 12.4. The number of aliphatic hydroxyl groups is 1. The van der Waals surface area contributed by atoms with Crippen molar-refractivity contribution in [2.24, 2.45) is 5.41 Å². The maximum Gasteiger partial charge on any atom is 0.254 e. The van der Waals surface area contributed by atoms with E-state index in [1.807, 2.05) is 40.8 Å². The molecule has 1 aromatic heterocycles. The maximum atomic E-state index is 12.4. The van der Waals surface area contributed by atoms with Crippen LogP contribution in [0.3, 0.4) is 0 Å². The Hall–Kier alpha value is -1.36. The molecule has 120 valence electrons. The van der Waals surface area contributed by atoms with E-state index < -0.39 is 0 Å². The van der Waals surface area contributed by atoms with E-state index in [-0.39, 0.29) is 23.3 Å². The van der Waals surface area contributed by atoms with Crippen LogP contribution in [0.15, 0.2) is 6.20 Å². The number of carbonyl (C=O) groups is 1. The lowest BCUT2D eigenvalue weighted by Crippen LogP contribution is -2.36. The van der Waals surface area contributed by atoms with Crippen molar-refractivity contribution < 1.29 is 9.90 Å². The standard InChI is InChI=1S/C16H29N3O2/c1-7-19-9-13(14(18-19)11(2)3)15(21)17-10-16(5,6)8-12(4)20/h9,11-12,20H,7-8,10H2,1-6H3,(H,17,21). The smallest absolute Gasteiger partial charge is 0.254 e. The quantitative estimate of drug-likeness (QED) is 0.812. The second-order valence-electron chi connectivity index (χ2n) is 6.84. The second kappa shape index (κ2) is 7.07. The average molecular weight is 295 g/mol. The zero-order valence-corrected chi connectivity index (χ0v) is 14.1. The van der Waals surface area contributed by atoms with E-state index in [2.05, 4.69) is 10.4 Å². The van der Waals surface area contributed by atoms with Gasteiger partial charge < -0.3 is 10.4 Å². The topological polar surface area (TPSA) is 67.2 Å². The lowest BCUT2D eigenvalue weighted by Gasteiger charge is -2.26. The van der Waals surface area contributed by atoms with Gasteiger partial charge in [-0.25, -0.2) is 0 Å². The van der Waals surface area contributed by atoms with Crippen LogP contribution in [0.25, 0.3) is 0 Å². The van der Waals surface area contributed by atoms with E-state index in [9.17, 15) is 9.90 Å². The van der Waals surface area contributed by atoms with E-state index in [0.29, 0.717) is 18.5 Å². The first kappa shape index (κ1) is 17.7. The third-order valence-corrected chi connectivity index (χ3v) is 3.48. The molecule has 0 bridgehead atoms. The molecule has 0 aliphatic carbocycles. The molecule has 1 rings (SSSR count). The van der Waals surface area contributed by atoms with Gasteiger partial charge in [0, 0.05) is 19.3 Å². The lowest BCUT2D eigenvalue weighted by atomic mass is 9.87. The Balaban J connectivity index is 2.78. The number of nitrogens with one attached hydrogen (secondary N) is 1. The minimum Gasteiger partial charge on any atom is -0.393 e. The van der Waals surface area contributed by atoms with Gasteiger partial charge in [-0.05, 0) is 31.6 Å². The number of aryl methyl sites for hydroxylation is 1. The zero-order chi connectivity index (χ0) is 16.2. The maximum absolute atomic E-state index is 12.4. The summed E-state index contributed by atoms with van der Waals surface area (Å²) in [5.74, 6) is 0.126. The third kappa shape index (κ3) is 5.16. The van der Waals surface area contributed by atoms with Crippen molar-refractivity contribution >= 4 is 5.91 Å². The van der Waals surface area contributed by atoms with Gasteiger partial charge in [0.25, 0.3) is 5.91 Å². The molecule has 5 heteroatoms. The summed E-state index contributed by atoms with van der Waals surface area (Å²) < 4.78 is 1.80. The molecule has 0 aromatic carbocycles. The van der Waals surface area contributed by atoms with Crippen LogP contribution in [-0.4, -0.2) is 33.4 Å². The number of amides is 1. The molecule has 5 nitrogen and oxygen atoms in total. The molecule has 0 aliphatic rings. The first-order chi connectivity index (χ1) is 9.66. The van der Waals surface area contributed by atoms with E-state index in [4.69, 9.17) is 0 Å². The molecular weight excluding hydrogens is 266 g/mol. The molecule has 1 aromatic rings. The summed E-state index contributed by atoms with van der Waals surface area (Å²) >= 11 is 0. The summed E-state index contributed by atoms with van der Waals surface area (Å²) in [6.07, 6.45) is 2.09. The predicted octanol–water partition coefficient (Wildman–Crippen LogP) is 2.55. The van der Waals surface area contributed by atoms with Gasteiger partial charge >= 0.3 is 0 Å². The van der Waals surface area contributed by atoms with Crippen molar-refractivity contribution in [1.82, 2.24) is 15.1 Å². The molecule has 1 atom stereocenters. The summed E-state index contributed by atoms with van der Waals surface area (Å²) in [6, 6.07) is 0. The van der Waals surface area contributed by atoms with Gasteiger partial charge in [0.05, 0.1) is 17.4 Å². The molecule has 1 heterocycles. The molecular formula is C16H29N3O2. The van der Waals surface area contributed by atoms with Crippen molar-refractivity contribution in [3.63, 3.8) is 0 Å². The van der Waals surface area contributed by atoms with Crippen molar-refractivity contribution in [2.75, 3.05) is 6.54 Å². The van der Waals surface area contributed by atoms with Gasteiger partial charge in [-0.2, -0.15) is 5.10 Å². The minimum absolute atomic E-state index is 0.0860. The number of carbonyl (C=O) groups excluding carboxylic acids is 1. The molecule has 0 saturated carbocycles. The summed E-state index contributed by atoms with van der Waals surface area (Å²) in [7, 11) is 0. The van der Waals surface area contributed by atoms with Crippen LogP contribution < -0.4 is 5.32 Å². The molecule has 0 radical (unpaired) electrons. The fraction of sp³-hybridized carbons (Fsp3) is 0.750. The predicted molar refractivity (Wildman–Crippen MR) is 84.4 cm³/mol. The van der Waals surface area contributed by atoms with E-state index in [1.54, 1.807) is 11.6 Å². The number of rotatable bonds is 7. The van der Waals surface area contributed by atoms with Gasteiger partial charge in [0.1, 0.15) is 0 Å². The van der Waals surface area contributed by atoms with Crippen molar-refractivity contribution in [3.8, 4) is 0 Å². The van der Waals surface area contributed by atoms with Crippen LogP contribution in [0.1, 0.15) is 69.9 Å². The van der Waals surface area contributed by atoms with Gasteiger partial charge in [-0.3, -0.25) is 9.48 Å². The Bertz CT molecular complexity index is 476. The summed E-state index contributed by atoms with van der Waals surface area (Å²) in [6.45, 7) is 13.2. The molecule has 0 aliphatic heterocycles. The lowest BCUT2D eigenvalue weighted by molar-refractivity contribution is 0.0900. The van der Waals surface area contributed by atoms with Crippen molar-refractivity contribution in [3.05, 3.63) is 17.5 Å². The first-order valence-corrected chi connectivity index (χ1v) is 7.70. The second-order valence-corrected chi connectivity index (χ2v) is 6.84. The highest BCUT2D eigenvalue weighted by Gasteiger charge is 2.23. The Morgan fingerprint density at radius 2 is 2.05 bits per heavy atom. The fourth-order valence-electron chi connectivity index (χ4n) is 2.49. The molecule has 1 amide bonds. The van der Waals surface area contributed by atoms with Crippen LogP contribution >= 0.6 is 0 Å². The molecule has 0 saturated heterocycles. The van der Waals surface area contributed by atoms with Crippen molar-refractivity contribution in [2.45, 2.75) is 66.5 Å². The van der Waals surface area contributed by atoms with Gasteiger partial charge in [-0.1, -0.05) is 27.7 Å². The molecule has 1 unspecified atom stereocenters. The molecule has 0 fully saturated rings. The van der Waals surface area contributed by atoms with Gasteiger partial charge in [0.15, 0.2) is 0 Å². The van der Waals surface area contributed by atoms with Crippen molar-refractivity contribution in [1.29, 1.82) is 0 Å². The number of aromatic nitrogens is 2. The van der Waals surface area contributed by atoms with E-state index >= 15 is 0 Å². The normalized spacial score (nSPS) is 13.5. The van der Waals surface area contributed by atoms with Gasteiger partial charge in [0.2, 0.25) is 0 Å². The van der Waals surface area contributed by atoms with Crippen LogP contribution in [0.4, 0.5) is 0 Å². The van der Waals surface area contributed by atoms with Crippen LogP contribution in [0.5, 0.6) is 0 Å². The highest BCUT2D eigenvalue weighted by Crippen LogP contribution is 2.22. The highest BCUT2D eigenvalue weighted by atomic mass is 16.3. The Morgan fingerprint density at radius 3 is 2.52 bits per heavy atom. The number of aliphatic hydroxyl groups excluding tert-OH is 1. The molecule has 2 N–H and O–H groups in total. The molecule has 0 spiro atoms. The Labute approximate surface area is 127 Å².